The number of nitrogen functional groups attached to an aromatic ring is 1. The summed E-state index contributed by atoms with van der Waals surface area (Å²) in [5.74, 6) is -0.157. The number of aromatic amines is 1. The molecule has 4 atom stereocenters. The Morgan fingerprint density at radius 3 is 2.79 bits per heavy atom. The molecule has 0 unspecified atom stereocenters. The lowest BCUT2D eigenvalue weighted by atomic mass is 10.1. The van der Waals surface area contributed by atoms with Crippen LogP contribution in [-0.2, 0) is 4.74 Å². The van der Waals surface area contributed by atoms with Crippen LogP contribution in [0, 0.1) is 0 Å². The van der Waals surface area contributed by atoms with E-state index >= 15 is 0 Å². The van der Waals surface area contributed by atoms with E-state index in [1.807, 2.05) is 0 Å². The number of aromatic nitrogens is 4. The van der Waals surface area contributed by atoms with E-state index in [0.29, 0.717) is 0 Å². The minimum absolute atomic E-state index is 0.0187. The number of aliphatic hydroxyl groups is 3. The van der Waals surface area contributed by atoms with Gasteiger partial charge in [-0.3, -0.25) is 9.78 Å². The molecule has 2 aromatic heterocycles. The highest BCUT2D eigenvalue weighted by atomic mass is 16.6. The highest BCUT2D eigenvalue weighted by molar-refractivity contribution is 5.72. The Morgan fingerprint density at radius 2 is 2.17 bits per heavy atom. The molecule has 130 valence electrons. The van der Waals surface area contributed by atoms with Crippen molar-refractivity contribution in [2.24, 2.45) is 0 Å². The first kappa shape index (κ1) is 16.4. The van der Waals surface area contributed by atoms with Crippen molar-refractivity contribution in [3.63, 3.8) is 0 Å². The van der Waals surface area contributed by atoms with E-state index < -0.39 is 36.7 Å². The molecule has 0 bridgehead atoms. The predicted molar refractivity (Wildman–Crippen MR) is 81.3 cm³/mol. The van der Waals surface area contributed by atoms with E-state index in [0.717, 1.165) is 0 Å². The van der Waals surface area contributed by atoms with Crippen molar-refractivity contribution in [1.29, 1.82) is 0 Å². The number of rotatable bonds is 5. The van der Waals surface area contributed by atoms with Gasteiger partial charge in [-0.15, -0.1) is 0 Å². The molecule has 0 spiro atoms. The monoisotopic (exact) mass is 339 g/mol. The number of nitrogens with zero attached hydrogens (tertiary/aromatic N) is 3. The first-order chi connectivity index (χ1) is 11.5. The van der Waals surface area contributed by atoms with Crippen molar-refractivity contribution >= 4 is 17.1 Å². The summed E-state index contributed by atoms with van der Waals surface area (Å²) >= 11 is 0. The average Bonchev–Trinajstić information content (AvgIpc) is 3.04. The largest absolute Gasteiger partial charge is 0.460 e. The second-order valence-corrected chi connectivity index (χ2v) is 5.22. The molecular weight excluding hydrogens is 322 g/mol. The summed E-state index contributed by atoms with van der Waals surface area (Å²) in [5.41, 5.74) is 4.92. The van der Waals surface area contributed by atoms with Gasteiger partial charge in [0.2, 0.25) is 5.95 Å². The summed E-state index contributed by atoms with van der Waals surface area (Å²) in [6.07, 6.45) is -3.44. The number of hydrogen-bond acceptors (Lipinski definition) is 9. The Bertz CT molecular complexity index is 817. The van der Waals surface area contributed by atoms with Crippen molar-refractivity contribution in [2.45, 2.75) is 24.5 Å². The normalized spacial score (nSPS) is 26.8. The molecule has 6 N–H and O–H groups in total. The van der Waals surface area contributed by atoms with Gasteiger partial charge >= 0.3 is 6.01 Å². The fraction of sp³-hybridized carbons (Fsp3) is 0.462. The first-order valence-corrected chi connectivity index (χ1v) is 7.11. The number of nitrogens with two attached hydrogens (primary N) is 1. The molecule has 1 aliphatic heterocycles. The molecule has 0 radical (unpaired) electrons. The van der Waals surface area contributed by atoms with Gasteiger partial charge in [0, 0.05) is 0 Å². The summed E-state index contributed by atoms with van der Waals surface area (Å²) in [5, 5.41) is 29.4. The Labute approximate surface area is 135 Å². The summed E-state index contributed by atoms with van der Waals surface area (Å²) in [6.45, 7) is 3.10. The molecular formula is C13H17N5O6. The number of H-pyrrole nitrogens is 1. The van der Waals surface area contributed by atoms with Gasteiger partial charge in [0.25, 0.3) is 5.56 Å². The zero-order chi connectivity index (χ0) is 17.4. The molecule has 0 amide bonds. The number of fused-ring (bicyclic) bond motifs is 1. The maximum atomic E-state index is 12.0. The summed E-state index contributed by atoms with van der Waals surface area (Å²) in [4.78, 5) is 22.4. The maximum Gasteiger partial charge on any atom is 0.301 e. The van der Waals surface area contributed by atoms with Crippen LogP contribution in [0.3, 0.4) is 0 Å². The zero-order valence-electron chi connectivity index (χ0n) is 12.5. The van der Waals surface area contributed by atoms with Crippen molar-refractivity contribution in [3.05, 3.63) is 23.0 Å². The lowest BCUT2D eigenvalue weighted by molar-refractivity contribution is -0.0540. The molecule has 1 saturated heterocycles. The fourth-order valence-electron chi connectivity index (χ4n) is 2.54. The average molecular weight is 339 g/mol. The van der Waals surface area contributed by atoms with Crippen LogP contribution in [0.15, 0.2) is 17.4 Å². The molecule has 11 nitrogen and oxygen atoms in total. The second-order valence-electron chi connectivity index (χ2n) is 5.22. The van der Waals surface area contributed by atoms with E-state index in [2.05, 4.69) is 21.5 Å². The van der Waals surface area contributed by atoms with E-state index in [9.17, 15) is 20.1 Å². The predicted octanol–water partition coefficient (Wildman–Crippen LogP) is -2.12. The van der Waals surface area contributed by atoms with Crippen LogP contribution in [0.1, 0.15) is 6.23 Å². The molecule has 3 heterocycles. The van der Waals surface area contributed by atoms with Crippen LogP contribution >= 0.6 is 0 Å². The Kier molecular flexibility index (Phi) is 4.24. The van der Waals surface area contributed by atoms with Crippen LogP contribution in [0.25, 0.3) is 11.2 Å². The van der Waals surface area contributed by atoms with Crippen molar-refractivity contribution in [1.82, 2.24) is 19.5 Å². The fourth-order valence-corrected chi connectivity index (χ4v) is 2.54. The number of nitrogens with one attached hydrogen (secondary N) is 1. The molecule has 24 heavy (non-hydrogen) atoms. The van der Waals surface area contributed by atoms with Crippen LogP contribution in [0.4, 0.5) is 5.95 Å². The van der Waals surface area contributed by atoms with Gasteiger partial charge in [-0.1, -0.05) is 12.7 Å². The molecule has 0 aliphatic carbocycles. The molecule has 2 aromatic rings. The minimum Gasteiger partial charge on any atom is -0.460 e. The van der Waals surface area contributed by atoms with Gasteiger partial charge in [-0.25, -0.2) is 4.57 Å². The quantitative estimate of drug-likeness (QED) is 0.382. The highest BCUT2D eigenvalue weighted by Gasteiger charge is 2.45. The molecule has 11 heteroatoms. The standard InChI is InChI=1S/C13H17N5O6/c1-2-3-23-13-15-6-9(16-12(14)17-10(6)22)18(13)11-8(21)7(20)5(4-19)24-11/h2,5,7-8,11,19-21H,1,3-4H2,(H3,14,16,17,22)/t5-,7-,8+,11-/m1/s1. The first-order valence-electron chi connectivity index (χ1n) is 7.11. The Balaban J connectivity index is 2.17. The van der Waals surface area contributed by atoms with Crippen LogP contribution in [0.2, 0.25) is 0 Å². The smallest absolute Gasteiger partial charge is 0.301 e. The number of imidazole rings is 1. The van der Waals surface area contributed by atoms with Crippen molar-refractivity contribution < 1.29 is 24.8 Å². The van der Waals surface area contributed by atoms with Crippen LogP contribution < -0.4 is 16.0 Å². The molecule has 1 fully saturated rings. The third-order valence-electron chi connectivity index (χ3n) is 3.64. The van der Waals surface area contributed by atoms with E-state index in [-0.39, 0.29) is 29.7 Å². The third kappa shape index (κ3) is 2.53. The number of hydrogen-bond donors (Lipinski definition) is 5. The lowest BCUT2D eigenvalue weighted by Gasteiger charge is -2.18. The number of ether oxygens (including phenoxy) is 2. The van der Waals surface area contributed by atoms with Gasteiger partial charge in [-0.2, -0.15) is 9.97 Å². The van der Waals surface area contributed by atoms with E-state index in [4.69, 9.17) is 15.2 Å². The summed E-state index contributed by atoms with van der Waals surface area (Å²) in [7, 11) is 0. The van der Waals surface area contributed by atoms with Gasteiger partial charge in [-0.05, 0) is 0 Å². The molecule has 3 rings (SSSR count). The van der Waals surface area contributed by atoms with Crippen molar-refractivity contribution in [2.75, 3.05) is 18.9 Å². The van der Waals surface area contributed by atoms with Gasteiger partial charge in [0.05, 0.1) is 6.61 Å². The van der Waals surface area contributed by atoms with Crippen LogP contribution in [-0.4, -0.2) is 66.4 Å². The van der Waals surface area contributed by atoms with Crippen molar-refractivity contribution in [3.8, 4) is 6.01 Å². The SMILES string of the molecule is C=CCOc1nc2c(=O)[nH]c(N)nc2n1[C@@H]1O[C@H](CO)[C@@H](O)[C@@H]1O. The van der Waals surface area contributed by atoms with Gasteiger partial charge < -0.3 is 30.5 Å². The minimum atomic E-state index is -1.40. The van der Waals surface area contributed by atoms with E-state index in [1.165, 1.54) is 10.6 Å². The molecule has 1 aliphatic rings. The number of anilines is 1. The highest BCUT2D eigenvalue weighted by Crippen LogP contribution is 2.34. The lowest BCUT2D eigenvalue weighted by Crippen LogP contribution is -2.33. The van der Waals surface area contributed by atoms with Gasteiger partial charge in [0.1, 0.15) is 24.9 Å². The second kappa shape index (κ2) is 6.20. The Morgan fingerprint density at radius 1 is 1.42 bits per heavy atom. The maximum absolute atomic E-state index is 12.0. The summed E-state index contributed by atoms with van der Waals surface area (Å²) in [6, 6.07) is -0.0664. The summed E-state index contributed by atoms with van der Waals surface area (Å²) < 4.78 is 12.1. The molecule has 0 saturated carbocycles. The number of aliphatic hydroxyl groups excluding tert-OH is 3. The zero-order valence-corrected chi connectivity index (χ0v) is 12.5. The Hall–Kier alpha value is -2.47. The van der Waals surface area contributed by atoms with E-state index in [1.54, 1.807) is 0 Å². The third-order valence-corrected chi connectivity index (χ3v) is 3.64. The van der Waals surface area contributed by atoms with Gasteiger partial charge in [0.15, 0.2) is 17.4 Å². The topological polar surface area (TPSA) is 169 Å². The molecule has 0 aromatic carbocycles. The van der Waals surface area contributed by atoms with Crippen LogP contribution in [0.5, 0.6) is 6.01 Å².